The van der Waals surface area contributed by atoms with Crippen LogP contribution in [0.5, 0.6) is 0 Å². The number of carbonyl (C=O) groups excluding carboxylic acids is 1. The predicted molar refractivity (Wildman–Crippen MR) is 100 cm³/mol. The van der Waals surface area contributed by atoms with Crippen molar-refractivity contribution in [2.75, 3.05) is 31.9 Å². The molecular weight excluding hydrogens is 316 g/mol. The molecule has 2 aromatic rings. The van der Waals surface area contributed by atoms with Crippen molar-refractivity contribution in [2.45, 2.75) is 18.4 Å². The van der Waals surface area contributed by atoms with Gasteiger partial charge in [-0.25, -0.2) is 0 Å². The quantitative estimate of drug-likeness (QED) is 0.779. The molecule has 1 saturated heterocycles. The molecule has 4 heteroatoms. The second kappa shape index (κ2) is 8.36. The molecule has 1 aliphatic heterocycles. The number of carbonyl (C=O) groups is 1. The summed E-state index contributed by atoms with van der Waals surface area (Å²) in [5.41, 5.74) is 2.66. The molecule has 0 N–H and O–H groups in total. The fraction of sp³-hybridized carbons (Fsp3) is 0.350. The van der Waals surface area contributed by atoms with Gasteiger partial charge in [0.25, 0.3) is 0 Å². The van der Waals surface area contributed by atoms with Gasteiger partial charge in [-0.2, -0.15) is 0 Å². The van der Waals surface area contributed by atoms with Gasteiger partial charge in [0.05, 0.1) is 5.75 Å². The Labute approximate surface area is 148 Å². The Morgan fingerprint density at radius 1 is 1.00 bits per heavy atom. The lowest BCUT2D eigenvalue weighted by molar-refractivity contribution is -0.130. The van der Waals surface area contributed by atoms with Crippen molar-refractivity contribution < 1.29 is 4.79 Å². The van der Waals surface area contributed by atoms with Gasteiger partial charge in [-0.05, 0) is 24.6 Å². The molecule has 24 heavy (non-hydrogen) atoms. The minimum Gasteiger partial charge on any atom is -0.339 e. The van der Waals surface area contributed by atoms with Crippen LogP contribution in [0.15, 0.2) is 59.5 Å². The van der Waals surface area contributed by atoms with Gasteiger partial charge < -0.3 is 4.90 Å². The average molecular weight is 340 g/mol. The molecule has 0 saturated carbocycles. The number of benzene rings is 2. The molecule has 3 rings (SSSR count). The number of hydrogen-bond donors (Lipinski definition) is 0. The largest absolute Gasteiger partial charge is 0.339 e. The summed E-state index contributed by atoms with van der Waals surface area (Å²) in [4.78, 5) is 18.0. The smallest absolute Gasteiger partial charge is 0.233 e. The molecule has 0 atom stereocenters. The number of rotatable bonds is 5. The van der Waals surface area contributed by atoms with Crippen molar-refractivity contribution in [1.82, 2.24) is 9.80 Å². The van der Waals surface area contributed by atoms with E-state index in [1.165, 1.54) is 11.1 Å². The van der Waals surface area contributed by atoms with Gasteiger partial charge >= 0.3 is 0 Å². The Morgan fingerprint density at radius 3 is 2.46 bits per heavy atom. The standard InChI is InChI=1S/C20H24N2OS/c1-17-6-5-7-18(14-17)15-21-10-12-22(13-11-21)20(23)16-24-19-8-3-2-4-9-19/h2-9,14H,10-13,15-16H2,1H3. The van der Waals surface area contributed by atoms with Crippen molar-refractivity contribution >= 4 is 17.7 Å². The van der Waals surface area contributed by atoms with E-state index in [9.17, 15) is 4.79 Å². The van der Waals surface area contributed by atoms with Gasteiger partial charge in [-0.3, -0.25) is 9.69 Å². The summed E-state index contributed by atoms with van der Waals surface area (Å²) in [5.74, 6) is 0.779. The Hall–Kier alpha value is -1.78. The highest BCUT2D eigenvalue weighted by Gasteiger charge is 2.21. The lowest BCUT2D eigenvalue weighted by Crippen LogP contribution is -2.48. The highest BCUT2D eigenvalue weighted by Crippen LogP contribution is 2.18. The molecule has 0 unspecified atom stereocenters. The highest BCUT2D eigenvalue weighted by atomic mass is 32.2. The van der Waals surface area contributed by atoms with Crippen molar-refractivity contribution in [2.24, 2.45) is 0 Å². The van der Waals surface area contributed by atoms with Crippen molar-refractivity contribution in [3.63, 3.8) is 0 Å². The first-order valence-corrected chi connectivity index (χ1v) is 9.43. The maximum atomic E-state index is 12.4. The molecule has 3 nitrogen and oxygen atoms in total. The van der Waals surface area contributed by atoms with Crippen molar-refractivity contribution in [3.05, 3.63) is 65.7 Å². The SMILES string of the molecule is Cc1cccc(CN2CCN(C(=O)CSc3ccccc3)CC2)c1. The number of piperazine rings is 1. The molecule has 0 spiro atoms. The van der Waals surface area contributed by atoms with Crippen LogP contribution in [0.25, 0.3) is 0 Å². The van der Waals surface area contributed by atoms with Gasteiger partial charge in [0.15, 0.2) is 0 Å². The number of hydrogen-bond acceptors (Lipinski definition) is 3. The molecule has 1 fully saturated rings. The molecule has 0 bridgehead atoms. The third-order valence-electron chi connectivity index (χ3n) is 4.32. The first-order valence-electron chi connectivity index (χ1n) is 8.44. The maximum Gasteiger partial charge on any atom is 0.233 e. The highest BCUT2D eigenvalue weighted by molar-refractivity contribution is 8.00. The fourth-order valence-corrected chi connectivity index (χ4v) is 3.80. The molecule has 1 aliphatic rings. The number of amides is 1. The van der Waals surface area contributed by atoms with Gasteiger partial charge in [-0.1, -0.05) is 48.0 Å². The normalized spacial score (nSPS) is 15.5. The summed E-state index contributed by atoms with van der Waals surface area (Å²) in [6.45, 7) is 6.68. The molecule has 1 heterocycles. The third-order valence-corrected chi connectivity index (χ3v) is 5.32. The van der Waals surface area contributed by atoms with Crippen LogP contribution < -0.4 is 0 Å². The number of thioether (sulfide) groups is 1. The Balaban J connectivity index is 1.43. The van der Waals surface area contributed by atoms with Crippen molar-refractivity contribution in [3.8, 4) is 0 Å². The van der Waals surface area contributed by atoms with Crippen LogP contribution in [0.1, 0.15) is 11.1 Å². The Bertz CT molecular complexity index is 666. The van der Waals surface area contributed by atoms with E-state index < -0.39 is 0 Å². The summed E-state index contributed by atoms with van der Waals surface area (Å²) in [6.07, 6.45) is 0. The van der Waals surface area contributed by atoms with E-state index in [1.807, 2.05) is 23.1 Å². The van der Waals surface area contributed by atoms with Crippen LogP contribution >= 0.6 is 11.8 Å². The monoisotopic (exact) mass is 340 g/mol. The van der Waals surface area contributed by atoms with Gasteiger partial charge in [0, 0.05) is 37.6 Å². The maximum absolute atomic E-state index is 12.4. The van der Waals surface area contributed by atoms with E-state index in [-0.39, 0.29) is 5.91 Å². The summed E-state index contributed by atoms with van der Waals surface area (Å²) in [5, 5.41) is 0. The van der Waals surface area contributed by atoms with Gasteiger partial charge in [0.1, 0.15) is 0 Å². The van der Waals surface area contributed by atoms with E-state index in [4.69, 9.17) is 0 Å². The number of aryl methyl sites for hydroxylation is 1. The van der Waals surface area contributed by atoms with E-state index >= 15 is 0 Å². The summed E-state index contributed by atoms with van der Waals surface area (Å²) in [7, 11) is 0. The topological polar surface area (TPSA) is 23.6 Å². The van der Waals surface area contributed by atoms with Crippen LogP contribution in [0.2, 0.25) is 0 Å². The minimum absolute atomic E-state index is 0.249. The van der Waals surface area contributed by atoms with Gasteiger partial charge in [-0.15, -0.1) is 11.8 Å². The zero-order valence-electron chi connectivity index (χ0n) is 14.1. The lowest BCUT2D eigenvalue weighted by atomic mass is 10.1. The third kappa shape index (κ3) is 4.86. The lowest BCUT2D eigenvalue weighted by Gasteiger charge is -2.34. The molecule has 2 aromatic carbocycles. The molecule has 126 valence electrons. The van der Waals surface area contributed by atoms with Crippen LogP contribution in [0, 0.1) is 6.92 Å². The molecule has 0 aliphatic carbocycles. The van der Waals surface area contributed by atoms with Crippen molar-refractivity contribution in [1.29, 1.82) is 0 Å². The molecule has 1 amide bonds. The van der Waals surface area contributed by atoms with Crippen LogP contribution in [-0.4, -0.2) is 47.6 Å². The molecular formula is C20H24N2OS. The Kier molecular flexibility index (Phi) is 5.94. The number of nitrogens with zero attached hydrogens (tertiary/aromatic N) is 2. The van der Waals surface area contributed by atoms with Crippen LogP contribution in [0.3, 0.4) is 0 Å². The van der Waals surface area contributed by atoms with Crippen LogP contribution in [-0.2, 0) is 11.3 Å². The molecule has 0 aromatic heterocycles. The zero-order chi connectivity index (χ0) is 16.8. The minimum atomic E-state index is 0.249. The second-order valence-electron chi connectivity index (χ2n) is 6.25. The van der Waals surface area contributed by atoms with Gasteiger partial charge in [0.2, 0.25) is 5.91 Å². The van der Waals surface area contributed by atoms with E-state index in [0.29, 0.717) is 5.75 Å². The second-order valence-corrected chi connectivity index (χ2v) is 7.30. The van der Waals surface area contributed by atoms with E-state index in [0.717, 1.165) is 37.6 Å². The average Bonchev–Trinajstić information content (AvgIpc) is 2.61. The summed E-state index contributed by atoms with van der Waals surface area (Å²) >= 11 is 1.62. The first kappa shape index (κ1) is 17.1. The van der Waals surface area contributed by atoms with Crippen LogP contribution in [0.4, 0.5) is 0 Å². The zero-order valence-corrected chi connectivity index (χ0v) is 15.0. The van der Waals surface area contributed by atoms with E-state index in [2.05, 4.69) is 48.2 Å². The Morgan fingerprint density at radius 2 is 1.75 bits per heavy atom. The molecule has 0 radical (unpaired) electrons. The van der Waals surface area contributed by atoms with E-state index in [1.54, 1.807) is 11.8 Å². The first-order chi connectivity index (χ1) is 11.7. The summed E-state index contributed by atoms with van der Waals surface area (Å²) < 4.78 is 0. The summed E-state index contributed by atoms with van der Waals surface area (Å²) in [6, 6.07) is 18.8. The fourth-order valence-electron chi connectivity index (χ4n) is 2.98. The predicted octanol–water partition coefficient (Wildman–Crippen LogP) is 3.43.